The van der Waals surface area contributed by atoms with Crippen molar-refractivity contribution < 1.29 is 14.0 Å². The first-order valence-electron chi connectivity index (χ1n) is 8.04. The smallest absolute Gasteiger partial charge is 0.247 e. The highest BCUT2D eigenvalue weighted by Crippen LogP contribution is 2.30. The second kappa shape index (κ2) is 7.23. The number of fused-ring (bicyclic) bond motifs is 1. The second-order valence-corrected chi connectivity index (χ2v) is 6.44. The Bertz CT molecular complexity index is 825. The lowest BCUT2D eigenvalue weighted by Gasteiger charge is -2.35. The van der Waals surface area contributed by atoms with Gasteiger partial charge in [0.05, 0.1) is 5.02 Å². The van der Waals surface area contributed by atoms with E-state index in [1.165, 1.54) is 19.1 Å². The van der Waals surface area contributed by atoms with Crippen LogP contribution >= 0.6 is 11.6 Å². The summed E-state index contributed by atoms with van der Waals surface area (Å²) in [5.41, 5.74) is 2.61. The van der Waals surface area contributed by atoms with Crippen LogP contribution in [0.3, 0.4) is 0 Å². The maximum absolute atomic E-state index is 13.2. The Morgan fingerprint density at radius 2 is 2.04 bits per heavy atom. The van der Waals surface area contributed by atoms with Crippen LogP contribution in [0.4, 0.5) is 4.39 Å². The lowest BCUT2D eigenvalue weighted by atomic mass is 9.92. The molecule has 1 aliphatic rings. The summed E-state index contributed by atoms with van der Waals surface area (Å²) in [4.78, 5) is 26.3. The molecule has 0 spiro atoms. The normalized spacial score (nSPS) is 16.3. The van der Waals surface area contributed by atoms with E-state index in [4.69, 9.17) is 11.6 Å². The zero-order valence-electron chi connectivity index (χ0n) is 13.8. The lowest BCUT2D eigenvalue weighted by Crippen LogP contribution is -2.46. The number of amides is 2. The van der Waals surface area contributed by atoms with Gasteiger partial charge in [-0.05, 0) is 35.2 Å². The molecule has 3 rings (SSSR count). The largest absolute Gasteiger partial charge is 0.350 e. The van der Waals surface area contributed by atoms with Gasteiger partial charge in [-0.15, -0.1) is 0 Å². The van der Waals surface area contributed by atoms with Gasteiger partial charge in [-0.1, -0.05) is 41.9 Å². The third-order valence-corrected chi connectivity index (χ3v) is 4.68. The molecule has 1 atom stereocenters. The fourth-order valence-corrected chi connectivity index (χ4v) is 3.33. The van der Waals surface area contributed by atoms with Crippen molar-refractivity contribution in [3.05, 3.63) is 70.0 Å². The van der Waals surface area contributed by atoms with E-state index in [0.29, 0.717) is 12.1 Å². The van der Waals surface area contributed by atoms with Crippen LogP contribution < -0.4 is 5.32 Å². The van der Waals surface area contributed by atoms with Crippen molar-refractivity contribution in [1.82, 2.24) is 10.2 Å². The summed E-state index contributed by atoms with van der Waals surface area (Å²) in [7, 11) is 0. The van der Waals surface area contributed by atoms with E-state index in [1.54, 1.807) is 11.0 Å². The average molecular weight is 361 g/mol. The third kappa shape index (κ3) is 3.66. The maximum Gasteiger partial charge on any atom is 0.247 e. The summed E-state index contributed by atoms with van der Waals surface area (Å²) in [6.07, 6.45) is 0.729. The summed E-state index contributed by atoms with van der Waals surface area (Å²) in [6, 6.07) is 11.3. The van der Waals surface area contributed by atoms with Gasteiger partial charge in [0.2, 0.25) is 11.8 Å². The third-order valence-electron chi connectivity index (χ3n) is 4.39. The van der Waals surface area contributed by atoms with Crippen molar-refractivity contribution in [2.24, 2.45) is 0 Å². The SMILES string of the molecule is CC(=O)N1CCc2ccccc2[C@@H]1C(=O)NCc1ccc(F)c(Cl)c1. The number of nitrogens with zero attached hydrogens (tertiary/aromatic N) is 1. The van der Waals surface area contributed by atoms with Gasteiger partial charge in [0.15, 0.2) is 0 Å². The van der Waals surface area contributed by atoms with E-state index in [-0.39, 0.29) is 23.4 Å². The molecule has 2 aromatic rings. The van der Waals surface area contributed by atoms with Gasteiger partial charge in [0.1, 0.15) is 11.9 Å². The Balaban J connectivity index is 1.81. The summed E-state index contributed by atoms with van der Waals surface area (Å²) in [5.74, 6) is -0.900. The highest BCUT2D eigenvalue weighted by atomic mass is 35.5. The molecule has 0 saturated heterocycles. The average Bonchev–Trinajstić information content (AvgIpc) is 2.61. The zero-order valence-corrected chi connectivity index (χ0v) is 14.5. The number of carbonyl (C=O) groups excluding carboxylic acids is 2. The van der Waals surface area contributed by atoms with Crippen molar-refractivity contribution in [1.29, 1.82) is 0 Å². The first kappa shape index (κ1) is 17.4. The highest BCUT2D eigenvalue weighted by molar-refractivity contribution is 6.30. The van der Waals surface area contributed by atoms with E-state index in [1.807, 2.05) is 24.3 Å². The number of hydrogen-bond acceptors (Lipinski definition) is 2. The molecule has 0 aromatic heterocycles. The van der Waals surface area contributed by atoms with Crippen molar-refractivity contribution in [3.8, 4) is 0 Å². The highest BCUT2D eigenvalue weighted by Gasteiger charge is 2.34. The fraction of sp³-hybridized carbons (Fsp3) is 0.263. The molecule has 2 aromatic carbocycles. The van der Waals surface area contributed by atoms with Crippen molar-refractivity contribution in [2.75, 3.05) is 6.54 Å². The molecule has 0 fully saturated rings. The molecule has 130 valence electrons. The van der Waals surface area contributed by atoms with E-state index in [0.717, 1.165) is 17.5 Å². The zero-order chi connectivity index (χ0) is 18.0. The quantitative estimate of drug-likeness (QED) is 0.913. The van der Waals surface area contributed by atoms with Crippen molar-refractivity contribution in [2.45, 2.75) is 25.9 Å². The fourth-order valence-electron chi connectivity index (χ4n) is 3.12. The Hall–Kier alpha value is -2.40. The standard InChI is InChI=1S/C19H18ClFN2O2/c1-12(24)23-9-8-14-4-2-3-5-15(14)18(23)19(25)22-11-13-6-7-17(21)16(20)10-13/h2-7,10,18H,8-9,11H2,1H3,(H,22,25)/t18-/m1/s1. The molecule has 1 N–H and O–H groups in total. The van der Waals surface area contributed by atoms with E-state index < -0.39 is 11.9 Å². The minimum absolute atomic E-state index is 0.0140. The van der Waals surface area contributed by atoms with Crippen LogP contribution in [0.1, 0.15) is 29.7 Å². The molecular weight excluding hydrogens is 343 g/mol. The lowest BCUT2D eigenvalue weighted by molar-refractivity contribution is -0.139. The first-order valence-corrected chi connectivity index (χ1v) is 8.42. The Morgan fingerprint density at radius 1 is 1.28 bits per heavy atom. The Morgan fingerprint density at radius 3 is 2.76 bits per heavy atom. The van der Waals surface area contributed by atoms with E-state index >= 15 is 0 Å². The maximum atomic E-state index is 13.2. The molecule has 4 nitrogen and oxygen atoms in total. The molecule has 0 aliphatic carbocycles. The predicted octanol–water partition coefficient (Wildman–Crippen LogP) is 3.24. The van der Waals surface area contributed by atoms with Gasteiger partial charge in [0, 0.05) is 20.0 Å². The van der Waals surface area contributed by atoms with Gasteiger partial charge < -0.3 is 10.2 Å². The van der Waals surface area contributed by atoms with Crippen LogP contribution in [0.15, 0.2) is 42.5 Å². The molecule has 6 heteroatoms. The summed E-state index contributed by atoms with van der Waals surface area (Å²) >= 11 is 5.77. The van der Waals surface area contributed by atoms with Crippen LogP contribution in [0.5, 0.6) is 0 Å². The number of hydrogen-bond donors (Lipinski definition) is 1. The Labute approximate surface area is 150 Å². The minimum atomic E-state index is -0.654. The predicted molar refractivity (Wildman–Crippen MR) is 93.5 cm³/mol. The van der Waals surface area contributed by atoms with Gasteiger partial charge in [-0.2, -0.15) is 0 Å². The Kier molecular flexibility index (Phi) is 5.04. The van der Waals surface area contributed by atoms with Crippen LogP contribution in [0.2, 0.25) is 5.02 Å². The minimum Gasteiger partial charge on any atom is -0.350 e. The molecule has 25 heavy (non-hydrogen) atoms. The topological polar surface area (TPSA) is 49.4 Å². The van der Waals surface area contributed by atoms with Crippen molar-refractivity contribution >= 4 is 23.4 Å². The van der Waals surface area contributed by atoms with Gasteiger partial charge in [-0.3, -0.25) is 9.59 Å². The molecule has 1 aliphatic heterocycles. The van der Waals surface area contributed by atoms with Crippen LogP contribution in [-0.2, 0) is 22.6 Å². The first-order chi connectivity index (χ1) is 12.0. The van der Waals surface area contributed by atoms with Crippen LogP contribution in [0, 0.1) is 5.82 Å². The molecule has 2 amide bonds. The van der Waals surface area contributed by atoms with Gasteiger partial charge in [0.25, 0.3) is 0 Å². The number of benzene rings is 2. The summed E-state index contributed by atoms with van der Waals surface area (Å²) < 4.78 is 13.2. The molecule has 0 saturated carbocycles. The van der Waals surface area contributed by atoms with E-state index in [2.05, 4.69) is 5.32 Å². The molecule has 0 radical (unpaired) electrons. The number of rotatable bonds is 3. The van der Waals surface area contributed by atoms with Crippen LogP contribution in [0.25, 0.3) is 0 Å². The number of carbonyl (C=O) groups is 2. The van der Waals surface area contributed by atoms with Crippen LogP contribution in [-0.4, -0.2) is 23.3 Å². The summed E-state index contributed by atoms with van der Waals surface area (Å²) in [6.45, 7) is 2.18. The number of halogens is 2. The van der Waals surface area contributed by atoms with E-state index in [9.17, 15) is 14.0 Å². The van der Waals surface area contributed by atoms with Gasteiger partial charge >= 0.3 is 0 Å². The summed E-state index contributed by atoms with van der Waals surface area (Å²) in [5, 5.41) is 2.84. The second-order valence-electron chi connectivity index (χ2n) is 6.03. The number of nitrogens with one attached hydrogen (secondary N) is 1. The van der Waals surface area contributed by atoms with Crippen molar-refractivity contribution in [3.63, 3.8) is 0 Å². The molecular formula is C19H18ClFN2O2. The monoisotopic (exact) mass is 360 g/mol. The van der Waals surface area contributed by atoms with Gasteiger partial charge in [-0.25, -0.2) is 4.39 Å². The molecule has 0 bridgehead atoms. The molecule has 1 heterocycles. The molecule has 0 unspecified atom stereocenters.